The molecule has 270 valence electrons. The number of fused-ring (bicyclic) bond motifs is 2. The van der Waals surface area contributed by atoms with Gasteiger partial charge in [0.1, 0.15) is 22.3 Å². The second-order valence-electron chi connectivity index (χ2n) is 12.0. The number of nitrogens with one attached hydrogen (secondary N) is 2. The number of aromatic nitrogens is 5. The van der Waals surface area contributed by atoms with Gasteiger partial charge in [0.25, 0.3) is 5.91 Å². The van der Waals surface area contributed by atoms with E-state index in [-0.39, 0.29) is 22.8 Å². The molecule has 1 aliphatic heterocycles. The van der Waals surface area contributed by atoms with Crippen molar-refractivity contribution in [1.29, 1.82) is 0 Å². The van der Waals surface area contributed by atoms with Crippen LogP contribution < -0.4 is 15.4 Å². The first-order chi connectivity index (χ1) is 24.5. The Labute approximate surface area is 302 Å². The summed E-state index contributed by atoms with van der Waals surface area (Å²) in [7, 11) is 3.17. The molecule has 1 unspecified atom stereocenters. The van der Waals surface area contributed by atoms with Gasteiger partial charge in [-0.05, 0) is 63.3 Å². The van der Waals surface area contributed by atoms with Gasteiger partial charge in [-0.1, -0.05) is 6.92 Å². The number of carboxylic acids is 2. The molecule has 5 aromatic rings. The van der Waals surface area contributed by atoms with E-state index >= 15 is 0 Å². The first kappa shape index (κ1) is 36.1. The Morgan fingerprint density at radius 2 is 1.65 bits per heavy atom. The van der Waals surface area contributed by atoms with Crippen LogP contribution in [-0.4, -0.2) is 110 Å². The molecule has 17 heteroatoms. The third kappa shape index (κ3) is 7.24. The summed E-state index contributed by atoms with van der Waals surface area (Å²) >= 11 is 2.84. The number of amides is 1. The molecular weight excluding hydrogens is 697 g/mol. The molecule has 51 heavy (non-hydrogen) atoms. The zero-order valence-corrected chi connectivity index (χ0v) is 30.6. The Bertz CT molecular complexity index is 2120. The number of aromatic carboxylic acids is 2. The second kappa shape index (κ2) is 15.3. The maximum atomic E-state index is 13.8. The summed E-state index contributed by atoms with van der Waals surface area (Å²) in [5.41, 5.74) is 2.68. The van der Waals surface area contributed by atoms with E-state index in [0.29, 0.717) is 45.0 Å². The number of carboxylic acid groups (broad SMARTS) is 2. The van der Waals surface area contributed by atoms with E-state index in [9.17, 15) is 24.6 Å². The van der Waals surface area contributed by atoms with Gasteiger partial charge in [-0.15, -0.1) is 23.1 Å². The molecule has 15 nitrogen and oxygen atoms in total. The highest BCUT2D eigenvalue weighted by atomic mass is 32.2. The zero-order chi connectivity index (χ0) is 36.4. The lowest BCUT2D eigenvalue weighted by Gasteiger charge is -2.26. The van der Waals surface area contributed by atoms with E-state index < -0.39 is 24.0 Å². The minimum atomic E-state index is -1.15. The fourth-order valence-electron chi connectivity index (χ4n) is 6.35. The van der Waals surface area contributed by atoms with Crippen molar-refractivity contribution in [2.45, 2.75) is 44.7 Å². The second-order valence-corrected chi connectivity index (χ2v) is 14.3. The summed E-state index contributed by atoms with van der Waals surface area (Å²) in [5.74, 6) is -1.03. The molecule has 0 aliphatic carbocycles. The fraction of sp³-hybridized carbons (Fsp3) is 0.412. The van der Waals surface area contributed by atoms with E-state index in [2.05, 4.69) is 20.5 Å². The Morgan fingerprint density at radius 1 is 1.00 bits per heavy atom. The molecule has 1 atom stereocenters. The van der Waals surface area contributed by atoms with Crippen molar-refractivity contribution in [1.82, 2.24) is 29.0 Å². The molecule has 0 spiro atoms. The molecule has 3 aromatic heterocycles. The van der Waals surface area contributed by atoms with E-state index in [1.807, 2.05) is 25.3 Å². The van der Waals surface area contributed by atoms with Crippen LogP contribution in [0.4, 0.5) is 11.9 Å². The summed E-state index contributed by atoms with van der Waals surface area (Å²) in [4.78, 5) is 55.7. The number of thiazole rings is 1. The number of thioether (sulfide) groups is 1. The molecule has 6 rings (SSSR count). The number of carbonyl (C=O) groups excluding carboxylic acids is 1. The number of hydrogen-bond donors (Lipinski definition) is 4. The Hall–Kier alpha value is -4.71. The Balaban J connectivity index is 1.49. The number of aryl methyl sites for hydroxylation is 2. The van der Waals surface area contributed by atoms with Gasteiger partial charge < -0.3 is 25.0 Å². The molecule has 2 aromatic carbocycles. The van der Waals surface area contributed by atoms with Crippen molar-refractivity contribution in [3.63, 3.8) is 0 Å². The first-order valence-corrected chi connectivity index (χ1v) is 18.4. The van der Waals surface area contributed by atoms with Crippen molar-refractivity contribution in [3.05, 3.63) is 51.0 Å². The van der Waals surface area contributed by atoms with Crippen LogP contribution in [0.15, 0.2) is 29.2 Å². The minimum absolute atomic E-state index is 0.0261. The largest absolute Gasteiger partial charge is 0.494 e. The van der Waals surface area contributed by atoms with Crippen molar-refractivity contribution in [3.8, 4) is 5.75 Å². The van der Waals surface area contributed by atoms with Crippen LogP contribution in [0.5, 0.6) is 5.75 Å². The monoisotopic (exact) mass is 736 g/mol. The molecule has 0 saturated carbocycles. The lowest BCUT2D eigenvalue weighted by molar-refractivity contribution is 0.0381. The van der Waals surface area contributed by atoms with E-state index in [4.69, 9.17) is 19.4 Å². The summed E-state index contributed by atoms with van der Waals surface area (Å²) in [6.45, 7) is 9.78. The van der Waals surface area contributed by atoms with Crippen LogP contribution in [0.1, 0.15) is 67.5 Å². The fourth-order valence-corrected chi connectivity index (χ4v) is 8.30. The van der Waals surface area contributed by atoms with Crippen LogP contribution in [0.3, 0.4) is 0 Å². The van der Waals surface area contributed by atoms with Crippen LogP contribution >= 0.6 is 23.1 Å². The number of rotatable bonds is 14. The van der Waals surface area contributed by atoms with Gasteiger partial charge in [0, 0.05) is 25.0 Å². The van der Waals surface area contributed by atoms with E-state index in [1.54, 1.807) is 35.5 Å². The van der Waals surface area contributed by atoms with Gasteiger partial charge in [0.05, 0.1) is 58.7 Å². The molecule has 0 bridgehead atoms. The molecule has 1 fully saturated rings. The molecule has 4 N–H and O–H groups in total. The molecule has 1 amide bonds. The minimum Gasteiger partial charge on any atom is -0.494 e. The third-order valence-corrected chi connectivity index (χ3v) is 10.9. The number of imidazole rings is 2. The van der Waals surface area contributed by atoms with Crippen molar-refractivity contribution in [2.24, 2.45) is 0 Å². The molecule has 1 aliphatic rings. The van der Waals surface area contributed by atoms with Crippen LogP contribution in [0.2, 0.25) is 0 Å². The van der Waals surface area contributed by atoms with Gasteiger partial charge in [-0.3, -0.25) is 24.1 Å². The lowest BCUT2D eigenvalue weighted by Crippen LogP contribution is -2.36. The van der Waals surface area contributed by atoms with E-state index in [1.165, 1.54) is 30.6 Å². The topological polar surface area (TPSA) is 186 Å². The molecule has 1 saturated heterocycles. The third-order valence-electron chi connectivity index (χ3n) is 8.74. The predicted octanol–water partition coefficient (Wildman–Crippen LogP) is 5.29. The van der Waals surface area contributed by atoms with Gasteiger partial charge in [-0.25, -0.2) is 24.5 Å². The average Bonchev–Trinajstić information content (AvgIpc) is 3.81. The van der Waals surface area contributed by atoms with Crippen LogP contribution in [0, 0.1) is 6.92 Å². The molecular formula is C34H40N8O7S2. The van der Waals surface area contributed by atoms with E-state index in [0.717, 1.165) is 54.9 Å². The number of carbonyl (C=O) groups is 3. The average molecular weight is 737 g/mol. The van der Waals surface area contributed by atoms with Crippen molar-refractivity contribution in [2.75, 3.05) is 63.4 Å². The number of methoxy groups -OCH3 is 1. The maximum absolute atomic E-state index is 13.8. The lowest BCUT2D eigenvalue weighted by atomic mass is 10.2. The number of hydrogen-bond acceptors (Lipinski definition) is 12. The first-order valence-electron chi connectivity index (χ1n) is 16.5. The molecule has 0 radical (unpaired) electrons. The normalized spacial score (nSPS) is 14.2. The number of morpholine rings is 1. The van der Waals surface area contributed by atoms with Crippen molar-refractivity contribution >= 4 is 74.9 Å². The maximum Gasteiger partial charge on any atom is 0.335 e. The number of ether oxygens (including phenoxy) is 2. The Morgan fingerprint density at radius 3 is 2.29 bits per heavy atom. The summed E-state index contributed by atoms with van der Waals surface area (Å²) in [6.07, 6.45) is 0.793. The summed E-state index contributed by atoms with van der Waals surface area (Å²) in [6, 6.07) is 6.07. The SMILES string of the molecule is CCc1nc(C)sc1C(=O)Nc1nc2cc(C(=O)O)cc(OC)c2n1C(C)n1c(NC)nc2cc(C(=O)O)cc(SCCCN3CCOCC3)c21. The summed E-state index contributed by atoms with van der Waals surface area (Å²) < 4.78 is 14.9. The Kier molecular flexibility index (Phi) is 10.8. The molecule has 4 heterocycles. The standard InChI is InChI=1S/C34H40N8O7S2/c1-6-22-29(51-18(2)36-22)30(43)39-34-38-23-14-20(31(44)45)16-25(48-5)27(23)41(34)19(3)42-28-24(37-33(42)35-4)15-21(32(46)47)17-26(28)50-13-7-8-40-9-11-49-12-10-40/h14-17,19H,6-13H2,1-5H3,(H,35,37)(H,44,45)(H,46,47)(H,38,39,43). The van der Waals surface area contributed by atoms with Crippen LogP contribution in [0.25, 0.3) is 22.1 Å². The summed E-state index contributed by atoms with van der Waals surface area (Å²) in [5, 5.41) is 26.7. The quantitative estimate of drug-likeness (QED) is 0.0852. The van der Waals surface area contributed by atoms with Gasteiger partial charge in [0.2, 0.25) is 11.9 Å². The number of benzene rings is 2. The van der Waals surface area contributed by atoms with Crippen LogP contribution in [-0.2, 0) is 11.2 Å². The highest BCUT2D eigenvalue weighted by Gasteiger charge is 2.29. The predicted molar refractivity (Wildman–Crippen MR) is 196 cm³/mol. The number of nitrogens with zero attached hydrogens (tertiary/aromatic N) is 6. The van der Waals surface area contributed by atoms with Gasteiger partial charge in [-0.2, -0.15) is 0 Å². The van der Waals surface area contributed by atoms with Gasteiger partial charge >= 0.3 is 11.9 Å². The highest BCUT2D eigenvalue weighted by molar-refractivity contribution is 7.99. The highest BCUT2D eigenvalue weighted by Crippen LogP contribution is 2.39. The smallest absolute Gasteiger partial charge is 0.335 e. The zero-order valence-electron chi connectivity index (χ0n) is 29.0. The van der Waals surface area contributed by atoms with Crippen molar-refractivity contribution < 1.29 is 34.1 Å². The number of anilines is 2. The van der Waals surface area contributed by atoms with Gasteiger partial charge in [0.15, 0.2) is 0 Å².